The number of carbonyl (C=O) groups excluding carboxylic acids is 1. The zero-order chi connectivity index (χ0) is 19.3. The molecule has 0 aliphatic heterocycles. The predicted octanol–water partition coefficient (Wildman–Crippen LogP) is 2.59. The monoisotopic (exact) mass is 367 g/mol. The first kappa shape index (κ1) is 18.8. The lowest BCUT2D eigenvalue weighted by atomic mass is 9.95. The van der Waals surface area contributed by atoms with Crippen LogP contribution >= 0.6 is 0 Å². The summed E-state index contributed by atoms with van der Waals surface area (Å²) in [6.07, 6.45) is 0.164. The van der Waals surface area contributed by atoms with E-state index in [0.717, 1.165) is 16.7 Å². The number of aromatic nitrogens is 2. The minimum absolute atomic E-state index is 0.0699. The van der Waals surface area contributed by atoms with E-state index in [9.17, 15) is 9.90 Å². The number of nitrogens with zero attached hydrogens (tertiary/aromatic N) is 1. The maximum Gasteiger partial charge on any atom is 0.278 e. The highest BCUT2D eigenvalue weighted by Crippen LogP contribution is 2.30. The van der Waals surface area contributed by atoms with Crippen molar-refractivity contribution in [2.24, 2.45) is 0 Å². The third kappa shape index (κ3) is 4.06. The molecular formula is C20H21N3O4. The van der Waals surface area contributed by atoms with Crippen molar-refractivity contribution in [3.8, 4) is 11.1 Å². The maximum absolute atomic E-state index is 12.1. The molecule has 4 N–H and O–H groups in total. The smallest absolute Gasteiger partial charge is 0.278 e. The van der Waals surface area contributed by atoms with Gasteiger partial charge in [0.25, 0.3) is 5.91 Å². The van der Waals surface area contributed by atoms with E-state index in [4.69, 9.17) is 9.94 Å². The molecule has 3 aromatic rings. The third-order valence-corrected chi connectivity index (χ3v) is 4.48. The van der Waals surface area contributed by atoms with Gasteiger partial charge in [-0.1, -0.05) is 54.6 Å². The van der Waals surface area contributed by atoms with Gasteiger partial charge in [0.1, 0.15) is 6.10 Å². The van der Waals surface area contributed by atoms with Crippen LogP contribution in [-0.4, -0.2) is 32.0 Å². The summed E-state index contributed by atoms with van der Waals surface area (Å²) >= 11 is 0. The lowest BCUT2D eigenvalue weighted by molar-refractivity contribution is -0.174. The van der Waals surface area contributed by atoms with Gasteiger partial charge in [0.05, 0.1) is 12.3 Å². The average Bonchev–Trinajstić information content (AvgIpc) is 3.26. The molecule has 7 heteroatoms. The number of rotatable bonds is 7. The first-order valence-electron chi connectivity index (χ1n) is 8.45. The van der Waals surface area contributed by atoms with E-state index in [-0.39, 0.29) is 12.3 Å². The Labute approximate surface area is 156 Å². The van der Waals surface area contributed by atoms with Crippen molar-refractivity contribution < 1.29 is 19.8 Å². The Balaban J connectivity index is 1.75. The summed E-state index contributed by atoms with van der Waals surface area (Å²) in [5.74, 6) is -0.862. The summed E-state index contributed by atoms with van der Waals surface area (Å²) in [6.45, 7) is 1.47. The molecule has 2 aromatic carbocycles. The second-order valence-corrected chi connectivity index (χ2v) is 6.30. The Bertz CT molecular complexity index is 866. The Hall–Kier alpha value is -3.00. The van der Waals surface area contributed by atoms with Gasteiger partial charge in [-0.2, -0.15) is 5.10 Å². The first-order valence-corrected chi connectivity index (χ1v) is 8.45. The SMILES string of the molecule is C[C@@](OCc1ccc(-c2ccccc2)cc1)(C(=O)NO)[C@@H](O)c1cc[nH]n1. The van der Waals surface area contributed by atoms with E-state index in [0.29, 0.717) is 0 Å². The molecule has 140 valence electrons. The number of carbonyl (C=O) groups is 1. The van der Waals surface area contributed by atoms with Crippen LogP contribution in [0.5, 0.6) is 0 Å². The van der Waals surface area contributed by atoms with E-state index < -0.39 is 17.6 Å². The zero-order valence-electron chi connectivity index (χ0n) is 14.8. The van der Waals surface area contributed by atoms with Crippen molar-refractivity contribution in [2.75, 3.05) is 0 Å². The molecule has 1 heterocycles. The quantitative estimate of drug-likeness (QED) is 0.379. The molecule has 1 aromatic heterocycles. The van der Waals surface area contributed by atoms with Crippen molar-refractivity contribution in [1.29, 1.82) is 0 Å². The van der Waals surface area contributed by atoms with Crippen LogP contribution in [0.3, 0.4) is 0 Å². The third-order valence-electron chi connectivity index (χ3n) is 4.48. The van der Waals surface area contributed by atoms with Gasteiger partial charge in [0.15, 0.2) is 5.60 Å². The number of benzene rings is 2. The average molecular weight is 367 g/mol. The van der Waals surface area contributed by atoms with Crippen molar-refractivity contribution >= 4 is 5.91 Å². The fraction of sp³-hybridized carbons (Fsp3) is 0.200. The summed E-state index contributed by atoms with van der Waals surface area (Å²) in [5.41, 5.74) is 3.05. The number of H-pyrrole nitrogens is 1. The molecule has 0 saturated heterocycles. The van der Waals surface area contributed by atoms with Gasteiger partial charge >= 0.3 is 0 Å². The summed E-state index contributed by atoms with van der Waals surface area (Å²) in [5, 5.41) is 26.0. The van der Waals surface area contributed by atoms with Crippen LogP contribution in [0.4, 0.5) is 0 Å². The highest BCUT2D eigenvalue weighted by molar-refractivity contribution is 5.84. The number of hydrogen-bond donors (Lipinski definition) is 4. The summed E-state index contributed by atoms with van der Waals surface area (Å²) < 4.78 is 5.72. The zero-order valence-corrected chi connectivity index (χ0v) is 14.8. The van der Waals surface area contributed by atoms with Gasteiger partial charge in [-0.05, 0) is 29.7 Å². The molecule has 2 atom stereocenters. The molecule has 0 spiro atoms. The van der Waals surface area contributed by atoms with Crippen LogP contribution < -0.4 is 5.48 Å². The molecule has 27 heavy (non-hydrogen) atoms. The lowest BCUT2D eigenvalue weighted by Gasteiger charge is -2.31. The summed E-state index contributed by atoms with van der Waals surface area (Å²) in [7, 11) is 0. The van der Waals surface area contributed by atoms with Crippen molar-refractivity contribution in [3.05, 3.63) is 78.1 Å². The fourth-order valence-electron chi connectivity index (χ4n) is 2.74. The van der Waals surface area contributed by atoms with Gasteiger partial charge in [0.2, 0.25) is 0 Å². The summed E-state index contributed by atoms with van der Waals surface area (Å²) in [4.78, 5) is 12.1. The first-order chi connectivity index (χ1) is 13.0. The molecule has 0 aliphatic carbocycles. The van der Waals surface area contributed by atoms with Crippen LogP contribution in [0.25, 0.3) is 11.1 Å². The van der Waals surface area contributed by atoms with Gasteiger partial charge in [0, 0.05) is 6.20 Å². The molecule has 0 saturated carbocycles. The summed E-state index contributed by atoms with van der Waals surface area (Å²) in [6, 6.07) is 19.2. The van der Waals surface area contributed by atoms with E-state index in [1.165, 1.54) is 19.2 Å². The van der Waals surface area contributed by atoms with Crippen molar-refractivity contribution in [2.45, 2.75) is 25.2 Å². The van der Waals surface area contributed by atoms with Crippen LogP contribution in [0.15, 0.2) is 66.9 Å². The molecular weight excluding hydrogens is 346 g/mol. The molecule has 0 aliphatic rings. The Morgan fingerprint density at radius 2 is 1.81 bits per heavy atom. The standard InChI is InChI=1S/C20H21N3O4/c1-20(19(25)23-26,18(24)17-11-12-21-22-17)27-13-14-7-9-16(10-8-14)15-5-3-2-4-6-15/h2-12,18,24,26H,13H2,1H3,(H,21,22)(H,23,25)/t18-,20-/m0/s1. The van der Waals surface area contributed by atoms with Crippen LogP contribution in [0.2, 0.25) is 0 Å². The van der Waals surface area contributed by atoms with Gasteiger partial charge in [-0.25, -0.2) is 5.48 Å². The highest BCUT2D eigenvalue weighted by Gasteiger charge is 2.44. The molecule has 0 fully saturated rings. The number of ether oxygens (including phenoxy) is 1. The number of hydrogen-bond acceptors (Lipinski definition) is 5. The fourth-order valence-corrected chi connectivity index (χ4v) is 2.74. The molecule has 0 bridgehead atoms. The number of amides is 1. The van der Waals surface area contributed by atoms with Gasteiger partial charge < -0.3 is 9.84 Å². The molecule has 3 rings (SSSR count). The van der Waals surface area contributed by atoms with E-state index in [2.05, 4.69) is 10.2 Å². The van der Waals surface area contributed by atoms with Crippen molar-refractivity contribution in [3.63, 3.8) is 0 Å². The van der Waals surface area contributed by atoms with Crippen molar-refractivity contribution in [1.82, 2.24) is 15.7 Å². The van der Waals surface area contributed by atoms with E-state index in [1.54, 1.807) is 5.48 Å². The van der Waals surface area contributed by atoms with Crippen LogP contribution in [-0.2, 0) is 16.1 Å². The lowest BCUT2D eigenvalue weighted by Crippen LogP contribution is -2.50. The largest absolute Gasteiger partial charge is 0.383 e. The van der Waals surface area contributed by atoms with Gasteiger partial charge in [-0.15, -0.1) is 0 Å². The van der Waals surface area contributed by atoms with Crippen LogP contribution in [0.1, 0.15) is 24.3 Å². The minimum Gasteiger partial charge on any atom is -0.383 e. The highest BCUT2D eigenvalue weighted by atomic mass is 16.5. The molecule has 0 unspecified atom stereocenters. The van der Waals surface area contributed by atoms with E-state index in [1.807, 2.05) is 54.6 Å². The number of nitrogens with one attached hydrogen (secondary N) is 2. The van der Waals surface area contributed by atoms with Gasteiger partial charge in [-0.3, -0.25) is 15.1 Å². The Morgan fingerprint density at radius 1 is 1.15 bits per heavy atom. The second-order valence-electron chi connectivity index (χ2n) is 6.30. The molecule has 1 amide bonds. The normalized spacial score (nSPS) is 14.3. The van der Waals surface area contributed by atoms with E-state index >= 15 is 0 Å². The number of aliphatic hydroxyl groups excluding tert-OH is 1. The molecule has 7 nitrogen and oxygen atoms in total. The number of aliphatic hydroxyl groups is 1. The Kier molecular flexibility index (Phi) is 5.66. The number of aromatic amines is 1. The predicted molar refractivity (Wildman–Crippen MR) is 98.5 cm³/mol. The second kappa shape index (κ2) is 8.13. The molecule has 0 radical (unpaired) electrons. The van der Waals surface area contributed by atoms with Crippen LogP contribution in [0, 0.1) is 0 Å². The number of hydroxylamine groups is 1. The maximum atomic E-state index is 12.1. The minimum atomic E-state index is -1.72. The Morgan fingerprint density at radius 3 is 2.41 bits per heavy atom. The topological polar surface area (TPSA) is 107 Å².